The lowest BCUT2D eigenvalue weighted by atomic mass is 9.98. The standard InChI is InChI=1S/C14H12BrClFN/c1-18-14(9-3-2-4-10(15)7-9)12-6-5-11(16)8-13(12)17/h2-8,14,18H,1H3. The summed E-state index contributed by atoms with van der Waals surface area (Å²) in [5, 5.41) is 3.52. The van der Waals surface area contributed by atoms with Crippen LogP contribution in [0.2, 0.25) is 5.02 Å². The van der Waals surface area contributed by atoms with Crippen LogP contribution >= 0.6 is 27.5 Å². The Hall–Kier alpha value is -0.900. The van der Waals surface area contributed by atoms with Gasteiger partial charge in [0.05, 0.1) is 6.04 Å². The quantitative estimate of drug-likeness (QED) is 0.871. The first-order chi connectivity index (χ1) is 8.61. The minimum Gasteiger partial charge on any atom is -0.309 e. The Bertz CT molecular complexity index is 559. The van der Waals surface area contributed by atoms with Gasteiger partial charge < -0.3 is 5.32 Å². The van der Waals surface area contributed by atoms with Crippen molar-refractivity contribution in [2.45, 2.75) is 6.04 Å². The summed E-state index contributed by atoms with van der Waals surface area (Å²) in [4.78, 5) is 0. The number of hydrogen-bond acceptors (Lipinski definition) is 1. The van der Waals surface area contributed by atoms with Crippen molar-refractivity contribution in [3.05, 3.63) is 68.9 Å². The summed E-state index contributed by atoms with van der Waals surface area (Å²) in [6, 6.07) is 12.3. The SMILES string of the molecule is CNC(c1cccc(Br)c1)c1ccc(Cl)cc1F. The van der Waals surface area contributed by atoms with Crippen molar-refractivity contribution in [2.24, 2.45) is 0 Å². The van der Waals surface area contributed by atoms with E-state index in [1.54, 1.807) is 19.2 Å². The Balaban J connectivity index is 2.45. The molecule has 0 fully saturated rings. The van der Waals surface area contributed by atoms with Crippen molar-refractivity contribution in [3.63, 3.8) is 0 Å². The van der Waals surface area contributed by atoms with Crippen molar-refractivity contribution in [1.82, 2.24) is 5.32 Å². The first-order valence-electron chi connectivity index (χ1n) is 5.49. The van der Waals surface area contributed by atoms with E-state index < -0.39 is 0 Å². The zero-order chi connectivity index (χ0) is 13.1. The highest BCUT2D eigenvalue weighted by atomic mass is 79.9. The second kappa shape index (κ2) is 5.83. The van der Waals surface area contributed by atoms with E-state index in [-0.39, 0.29) is 11.9 Å². The van der Waals surface area contributed by atoms with E-state index >= 15 is 0 Å². The highest BCUT2D eigenvalue weighted by Gasteiger charge is 2.16. The third-order valence-electron chi connectivity index (χ3n) is 2.74. The molecule has 0 heterocycles. The maximum absolute atomic E-state index is 13.9. The van der Waals surface area contributed by atoms with E-state index in [1.165, 1.54) is 6.07 Å². The van der Waals surface area contributed by atoms with Crippen LogP contribution in [-0.4, -0.2) is 7.05 Å². The lowest BCUT2D eigenvalue weighted by molar-refractivity contribution is 0.576. The average Bonchev–Trinajstić information content (AvgIpc) is 2.33. The zero-order valence-electron chi connectivity index (χ0n) is 9.75. The Labute approximate surface area is 119 Å². The molecule has 1 N–H and O–H groups in total. The smallest absolute Gasteiger partial charge is 0.129 e. The van der Waals surface area contributed by atoms with Gasteiger partial charge in [0, 0.05) is 15.1 Å². The van der Waals surface area contributed by atoms with Crippen LogP contribution in [0.4, 0.5) is 4.39 Å². The molecule has 1 atom stereocenters. The summed E-state index contributed by atoms with van der Waals surface area (Å²) in [7, 11) is 1.81. The normalized spacial score (nSPS) is 12.4. The third kappa shape index (κ3) is 2.91. The van der Waals surface area contributed by atoms with Crippen LogP contribution in [0.15, 0.2) is 46.9 Å². The van der Waals surface area contributed by atoms with Gasteiger partial charge in [0.1, 0.15) is 5.82 Å². The molecule has 0 aliphatic heterocycles. The van der Waals surface area contributed by atoms with Crippen molar-refractivity contribution in [3.8, 4) is 0 Å². The molecule has 2 rings (SSSR count). The van der Waals surface area contributed by atoms with Gasteiger partial charge in [-0.2, -0.15) is 0 Å². The average molecular weight is 329 g/mol. The molecule has 0 amide bonds. The predicted molar refractivity (Wildman–Crippen MR) is 76.5 cm³/mol. The van der Waals surface area contributed by atoms with Crippen molar-refractivity contribution >= 4 is 27.5 Å². The minimum absolute atomic E-state index is 0.195. The van der Waals surface area contributed by atoms with Crippen LogP contribution in [0.1, 0.15) is 17.2 Å². The Morgan fingerprint density at radius 1 is 1.22 bits per heavy atom. The first-order valence-corrected chi connectivity index (χ1v) is 6.66. The molecule has 4 heteroatoms. The monoisotopic (exact) mass is 327 g/mol. The molecule has 0 aromatic heterocycles. The summed E-state index contributed by atoms with van der Waals surface area (Å²) in [6.45, 7) is 0. The van der Waals surface area contributed by atoms with Gasteiger partial charge in [0.2, 0.25) is 0 Å². The molecule has 2 aromatic rings. The molecule has 0 saturated heterocycles. The van der Waals surface area contributed by atoms with E-state index in [9.17, 15) is 4.39 Å². The lowest BCUT2D eigenvalue weighted by Crippen LogP contribution is -2.18. The third-order valence-corrected chi connectivity index (χ3v) is 3.47. The van der Waals surface area contributed by atoms with Gasteiger partial charge >= 0.3 is 0 Å². The second-order valence-corrected chi connectivity index (χ2v) is 5.29. The van der Waals surface area contributed by atoms with E-state index in [2.05, 4.69) is 21.2 Å². The summed E-state index contributed by atoms with van der Waals surface area (Å²) in [5.41, 5.74) is 1.58. The maximum Gasteiger partial charge on any atom is 0.129 e. The molecule has 1 nitrogen and oxygen atoms in total. The number of rotatable bonds is 3. The van der Waals surface area contributed by atoms with Gasteiger partial charge in [-0.05, 0) is 36.9 Å². The Kier molecular flexibility index (Phi) is 4.38. The number of hydrogen-bond donors (Lipinski definition) is 1. The molecule has 18 heavy (non-hydrogen) atoms. The van der Waals surface area contributed by atoms with E-state index in [0.717, 1.165) is 10.0 Å². The predicted octanol–water partition coefficient (Wildman–Crippen LogP) is 4.55. The Morgan fingerprint density at radius 3 is 2.61 bits per heavy atom. The van der Waals surface area contributed by atoms with Gasteiger partial charge in [0.15, 0.2) is 0 Å². The Morgan fingerprint density at radius 2 is 2.00 bits per heavy atom. The molecule has 0 aliphatic rings. The first kappa shape index (κ1) is 13.5. The van der Waals surface area contributed by atoms with Crippen molar-refractivity contribution in [1.29, 1.82) is 0 Å². The maximum atomic E-state index is 13.9. The summed E-state index contributed by atoms with van der Waals surface area (Å²) >= 11 is 9.19. The molecule has 0 spiro atoms. The van der Waals surface area contributed by atoms with Crippen LogP contribution in [0.3, 0.4) is 0 Å². The molecule has 1 unspecified atom stereocenters. The molecule has 0 aliphatic carbocycles. The number of halogens is 3. The minimum atomic E-state index is -0.304. The molecule has 0 saturated carbocycles. The van der Waals surface area contributed by atoms with Gasteiger partial charge in [0.25, 0.3) is 0 Å². The summed E-state index contributed by atoms with van der Waals surface area (Å²) in [5.74, 6) is -0.304. The number of nitrogens with one attached hydrogen (secondary N) is 1. The molecule has 2 aromatic carbocycles. The molecular formula is C14H12BrClFN. The highest BCUT2D eigenvalue weighted by molar-refractivity contribution is 9.10. The van der Waals surface area contributed by atoms with Gasteiger partial charge in [-0.3, -0.25) is 0 Å². The van der Waals surface area contributed by atoms with Gasteiger partial charge in [-0.15, -0.1) is 0 Å². The molecular weight excluding hydrogens is 317 g/mol. The van der Waals surface area contributed by atoms with E-state index in [0.29, 0.717) is 10.6 Å². The van der Waals surface area contributed by atoms with E-state index in [1.807, 2.05) is 24.3 Å². The molecule has 0 radical (unpaired) electrons. The van der Waals surface area contributed by atoms with Crippen LogP contribution < -0.4 is 5.32 Å². The second-order valence-electron chi connectivity index (χ2n) is 3.94. The van der Waals surface area contributed by atoms with Crippen LogP contribution in [0.25, 0.3) is 0 Å². The van der Waals surface area contributed by atoms with Crippen molar-refractivity contribution in [2.75, 3.05) is 7.05 Å². The highest BCUT2D eigenvalue weighted by Crippen LogP contribution is 2.27. The summed E-state index contributed by atoms with van der Waals surface area (Å²) in [6.07, 6.45) is 0. The van der Waals surface area contributed by atoms with Gasteiger partial charge in [-0.1, -0.05) is 45.7 Å². The van der Waals surface area contributed by atoms with E-state index in [4.69, 9.17) is 11.6 Å². The fraction of sp³-hybridized carbons (Fsp3) is 0.143. The van der Waals surface area contributed by atoms with Gasteiger partial charge in [-0.25, -0.2) is 4.39 Å². The van der Waals surface area contributed by atoms with Crippen LogP contribution in [0, 0.1) is 5.82 Å². The zero-order valence-corrected chi connectivity index (χ0v) is 12.1. The van der Waals surface area contributed by atoms with Crippen LogP contribution in [0.5, 0.6) is 0 Å². The summed E-state index contributed by atoms with van der Waals surface area (Å²) < 4.78 is 14.9. The topological polar surface area (TPSA) is 12.0 Å². The molecule has 94 valence electrons. The fourth-order valence-corrected chi connectivity index (χ4v) is 2.50. The molecule has 0 bridgehead atoms. The fourth-order valence-electron chi connectivity index (χ4n) is 1.92. The number of benzene rings is 2. The van der Waals surface area contributed by atoms with Crippen molar-refractivity contribution < 1.29 is 4.39 Å². The largest absolute Gasteiger partial charge is 0.309 e. The van der Waals surface area contributed by atoms with Crippen LogP contribution in [-0.2, 0) is 0 Å². The lowest BCUT2D eigenvalue weighted by Gasteiger charge is -2.18.